The van der Waals surface area contributed by atoms with Gasteiger partial charge in [0.25, 0.3) is 5.91 Å². The van der Waals surface area contributed by atoms with Gasteiger partial charge in [0, 0.05) is 26.1 Å². The minimum Gasteiger partial charge on any atom is -0.347 e. The van der Waals surface area contributed by atoms with Gasteiger partial charge in [-0.2, -0.15) is 4.98 Å². The van der Waals surface area contributed by atoms with E-state index in [1.807, 2.05) is 0 Å². The van der Waals surface area contributed by atoms with Crippen LogP contribution in [0.5, 0.6) is 0 Å². The number of carbonyl (C=O) groups is 2. The Morgan fingerprint density at radius 1 is 1.38 bits per heavy atom. The number of amides is 2. The van der Waals surface area contributed by atoms with Crippen LogP contribution < -0.4 is 5.32 Å². The van der Waals surface area contributed by atoms with Crippen molar-refractivity contribution in [3.8, 4) is 0 Å². The number of rotatable bonds is 4. The average Bonchev–Trinajstić information content (AvgIpc) is 3.20. The van der Waals surface area contributed by atoms with Gasteiger partial charge in [0.15, 0.2) is 11.5 Å². The van der Waals surface area contributed by atoms with E-state index < -0.39 is 0 Å². The quantitative estimate of drug-likeness (QED) is 0.814. The molecule has 128 valence electrons. The smallest absolute Gasteiger partial charge is 0.276 e. The number of aryl methyl sites for hydroxylation is 2. The van der Waals surface area contributed by atoms with Gasteiger partial charge in [0.2, 0.25) is 11.8 Å². The molecule has 0 aliphatic carbocycles. The van der Waals surface area contributed by atoms with Crippen molar-refractivity contribution in [2.45, 2.75) is 26.3 Å². The van der Waals surface area contributed by atoms with E-state index in [9.17, 15) is 9.59 Å². The minimum atomic E-state index is -0.150. The first-order valence-electron chi connectivity index (χ1n) is 7.75. The van der Waals surface area contributed by atoms with Gasteiger partial charge >= 0.3 is 0 Å². The molecule has 1 saturated heterocycles. The van der Waals surface area contributed by atoms with E-state index in [-0.39, 0.29) is 24.3 Å². The second-order valence-electron chi connectivity index (χ2n) is 5.80. The molecule has 1 fully saturated rings. The molecule has 1 aliphatic rings. The van der Waals surface area contributed by atoms with Crippen LogP contribution in [0, 0.1) is 12.8 Å². The first-order chi connectivity index (χ1) is 11.5. The normalized spacial score (nSPS) is 15.5. The molecule has 2 aromatic heterocycles. The van der Waals surface area contributed by atoms with Crippen LogP contribution in [0.2, 0.25) is 0 Å². The van der Waals surface area contributed by atoms with E-state index in [4.69, 9.17) is 4.52 Å². The lowest BCUT2D eigenvalue weighted by Crippen LogP contribution is -2.43. The lowest BCUT2D eigenvalue weighted by atomic mass is 9.95. The second-order valence-corrected chi connectivity index (χ2v) is 5.80. The van der Waals surface area contributed by atoms with Crippen LogP contribution in [0.1, 0.15) is 35.0 Å². The third kappa shape index (κ3) is 3.58. The first kappa shape index (κ1) is 16.1. The second kappa shape index (κ2) is 6.77. The monoisotopic (exact) mass is 333 g/mol. The molecule has 0 bridgehead atoms. The lowest BCUT2D eigenvalue weighted by Gasteiger charge is -2.30. The van der Waals surface area contributed by atoms with Crippen LogP contribution in [0.25, 0.3) is 0 Å². The van der Waals surface area contributed by atoms with Crippen molar-refractivity contribution in [3.63, 3.8) is 0 Å². The summed E-state index contributed by atoms with van der Waals surface area (Å²) in [6, 6.07) is 0. The van der Waals surface area contributed by atoms with Gasteiger partial charge in [-0.05, 0) is 19.8 Å². The fourth-order valence-corrected chi connectivity index (χ4v) is 2.67. The van der Waals surface area contributed by atoms with Gasteiger partial charge in [-0.1, -0.05) is 10.4 Å². The predicted octanol–water partition coefficient (Wildman–Crippen LogP) is -0.325. The van der Waals surface area contributed by atoms with Crippen molar-refractivity contribution in [1.29, 1.82) is 0 Å². The molecular weight excluding hydrogens is 314 g/mol. The highest BCUT2D eigenvalue weighted by Crippen LogP contribution is 2.19. The van der Waals surface area contributed by atoms with Gasteiger partial charge in [-0.25, -0.2) is 0 Å². The Bertz CT molecular complexity index is 730. The van der Waals surface area contributed by atoms with E-state index in [1.54, 1.807) is 25.1 Å². The molecule has 3 heterocycles. The van der Waals surface area contributed by atoms with E-state index in [2.05, 4.69) is 25.8 Å². The van der Waals surface area contributed by atoms with Crippen LogP contribution in [-0.4, -0.2) is 54.9 Å². The molecule has 0 radical (unpaired) electrons. The molecule has 0 spiro atoms. The Morgan fingerprint density at radius 2 is 2.12 bits per heavy atom. The molecule has 1 N–H and O–H groups in total. The van der Waals surface area contributed by atoms with Gasteiger partial charge in [0.1, 0.15) is 0 Å². The first-order valence-corrected chi connectivity index (χ1v) is 7.75. The largest absolute Gasteiger partial charge is 0.347 e. The van der Waals surface area contributed by atoms with Crippen molar-refractivity contribution in [2.75, 3.05) is 13.1 Å². The van der Waals surface area contributed by atoms with Crippen molar-refractivity contribution in [1.82, 2.24) is 35.4 Å². The van der Waals surface area contributed by atoms with E-state index in [0.29, 0.717) is 43.3 Å². The zero-order valence-electron chi connectivity index (χ0n) is 13.6. The summed E-state index contributed by atoms with van der Waals surface area (Å²) in [7, 11) is 1.71. The predicted molar refractivity (Wildman–Crippen MR) is 80.5 cm³/mol. The van der Waals surface area contributed by atoms with Gasteiger partial charge < -0.3 is 14.7 Å². The van der Waals surface area contributed by atoms with Crippen LogP contribution >= 0.6 is 0 Å². The summed E-state index contributed by atoms with van der Waals surface area (Å²) in [5.74, 6) is 0.590. The highest BCUT2D eigenvalue weighted by molar-refractivity contribution is 5.92. The fraction of sp³-hybridized carbons (Fsp3) is 0.571. The molecule has 2 aromatic rings. The zero-order valence-corrected chi connectivity index (χ0v) is 13.6. The summed E-state index contributed by atoms with van der Waals surface area (Å²) in [6.07, 6.45) is 2.81. The minimum absolute atomic E-state index is 0.0579. The topological polar surface area (TPSA) is 119 Å². The maximum absolute atomic E-state index is 12.3. The summed E-state index contributed by atoms with van der Waals surface area (Å²) in [5.41, 5.74) is 0.326. The maximum Gasteiger partial charge on any atom is 0.276 e. The average molecular weight is 333 g/mol. The summed E-state index contributed by atoms with van der Waals surface area (Å²) in [5, 5.41) is 14.1. The number of likely N-dealkylation sites (tertiary alicyclic amines) is 1. The molecule has 10 heteroatoms. The third-order valence-electron chi connectivity index (χ3n) is 3.96. The SMILES string of the molecule is Cc1noc(CNC(=O)C2CCN(C(=O)c3cn(C)nn3)CC2)n1. The summed E-state index contributed by atoms with van der Waals surface area (Å²) < 4.78 is 6.45. The number of piperidine rings is 1. The fourth-order valence-electron chi connectivity index (χ4n) is 2.67. The molecule has 0 atom stereocenters. The number of nitrogens with zero attached hydrogens (tertiary/aromatic N) is 6. The highest BCUT2D eigenvalue weighted by Gasteiger charge is 2.28. The van der Waals surface area contributed by atoms with Crippen molar-refractivity contribution < 1.29 is 14.1 Å². The Labute approximate surface area is 138 Å². The summed E-state index contributed by atoms with van der Waals surface area (Å²) in [4.78, 5) is 30.2. The van der Waals surface area contributed by atoms with Crippen LogP contribution in [0.15, 0.2) is 10.7 Å². The highest BCUT2D eigenvalue weighted by atomic mass is 16.5. The Kier molecular flexibility index (Phi) is 4.54. The van der Waals surface area contributed by atoms with Crippen molar-refractivity contribution >= 4 is 11.8 Å². The molecule has 0 saturated carbocycles. The molecule has 1 aliphatic heterocycles. The van der Waals surface area contributed by atoms with Crippen molar-refractivity contribution in [2.24, 2.45) is 13.0 Å². The van der Waals surface area contributed by atoms with E-state index in [0.717, 1.165) is 0 Å². The molecule has 2 amide bonds. The molecule has 10 nitrogen and oxygen atoms in total. The van der Waals surface area contributed by atoms with Gasteiger partial charge in [0.05, 0.1) is 12.7 Å². The lowest BCUT2D eigenvalue weighted by molar-refractivity contribution is -0.126. The number of aromatic nitrogens is 5. The number of hydrogen-bond donors (Lipinski definition) is 1. The third-order valence-corrected chi connectivity index (χ3v) is 3.96. The molecule has 0 aromatic carbocycles. The molecular formula is C14H19N7O3. The number of hydrogen-bond acceptors (Lipinski definition) is 7. The zero-order chi connectivity index (χ0) is 17.1. The molecule has 0 unspecified atom stereocenters. The van der Waals surface area contributed by atoms with E-state index >= 15 is 0 Å². The Morgan fingerprint density at radius 3 is 2.71 bits per heavy atom. The van der Waals surface area contributed by atoms with Crippen molar-refractivity contribution in [3.05, 3.63) is 23.6 Å². The Hall–Kier alpha value is -2.78. The maximum atomic E-state index is 12.3. The molecule has 3 rings (SSSR count). The van der Waals surface area contributed by atoms with Gasteiger partial charge in [-0.3, -0.25) is 14.3 Å². The number of carbonyl (C=O) groups excluding carboxylic acids is 2. The Balaban J connectivity index is 1.47. The van der Waals surface area contributed by atoms with Crippen LogP contribution in [0.3, 0.4) is 0 Å². The van der Waals surface area contributed by atoms with Gasteiger partial charge in [-0.15, -0.1) is 5.10 Å². The van der Waals surface area contributed by atoms with Crippen LogP contribution in [0.4, 0.5) is 0 Å². The van der Waals surface area contributed by atoms with Crippen LogP contribution in [-0.2, 0) is 18.4 Å². The number of nitrogens with one attached hydrogen (secondary N) is 1. The van der Waals surface area contributed by atoms with E-state index in [1.165, 1.54) is 4.68 Å². The molecule has 24 heavy (non-hydrogen) atoms. The summed E-state index contributed by atoms with van der Waals surface area (Å²) >= 11 is 0. The summed E-state index contributed by atoms with van der Waals surface area (Å²) in [6.45, 7) is 2.98. The standard InChI is InChI=1S/C14H19N7O3/c1-9-16-12(24-18-9)7-15-13(22)10-3-5-21(6-4-10)14(23)11-8-20(2)19-17-11/h8,10H,3-7H2,1-2H3,(H,15,22).